The van der Waals surface area contributed by atoms with Crippen molar-refractivity contribution in [2.24, 2.45) is 10.2 Å². The van der Waals surface area contributed by atoms with Crippen LogP contribution in [-0.2, 0) is 10.2 Å². The molecule has 0 atom stereocenters. The molecule has 1 amide bonds. The SMILES string of the molecule is CC1=NN(c2ccc(C(C)(C)C)cc2)C(=O)C1=NNc1cccc(-c2cccc(C(=O)O)c2)c1O. The number of anilines is 2. The lowest BCUT2D eigenvalue weighted by Gasteiger charge is -2.20. The van der Waals surface area contributed by atoms with E-state index in [2.05, 4.69) is 36.4 Å². The number of nitrogens with zero attached hydrogens (tertiary/aromatic N) is 3. The lowest BCUT2D eigenvalue weighted by molar-refractivity contribution is -0.112. The van der Waals surface area contributed by atoms with Gasteiger partial charge < -0.3 is 10.2 Å². The molecule has 0 aliphatic carbocycles. The third kappa shape index (κ3) is 4.77. The van der Waals surface area contributed by atoms with Crippen molar-refractivity contribution in [2.75, 3.05) is 10.4 Å². The van der Waals surface area contributed by atoms with Crippen LogP contribution in [0.3, 0.4) is 0 Å². The standard InChI is InChI=1S/C27H26N4O4/c1-16-23(25(33)31(30-16)20-13-11-19(12-14-20)27(2,3)4)29-28-22-10-6-9-21(24(22)32)17-7-5-8-18(15-17)26(34)35/h5-15,28,32H,1-4H3,(H,34,35). The van der Waals surface area contributed by atoms with Crippen LogP contribution in [0.15, 0.2) is 76.9 Å². The molecule has 0 bridgehead atoms. The molecule has 0 aromatic heterocycles. The van der Waals surface area contributed by atoms with Crippen molar-refractivity contribution >= 4 is 34.7 Å². The Labute approximate surface area is 203 Å². The summed E-state index contributed by atoms with van der Waals surface area (Å²) in [6.45, 7) is 8.05. The van der Waals surface area contributed by atoms with E-state index in [1.165, 1.54) is 17.1 Å². The first-order valence-electron chi connectivity index (χ1n) is 11.1. The van der Waals surface area contributed by atoms with Crippen LogP contribution in [-0.4, -0.2) is 33.5 Å². The number of carbonyl (C=O) groups excluding carboxylic acids is 1. The lowest BCUT2D eigenvalue weighted by Crippen LogP contribution is -2.28. The molecule has 1 aliphatic heterocycles. The van der Waals surface area contributed by atoms with E-state index in [4.69, 9.17) is 0 Å². The van der Waals surface area contributed by atoms with Gasteiger partial charge in [0.15, 0.2) is 5.71 Å². The van der Waals surface area contributed by atoms with Gasteiger partial charge in [0, 0.05) is 5.56 Å². The second-order valence-electron chi connectivity index (χ2n) is 9.26. The number of carboxylic acids is 1. The van der Waals surface area contributed by atoms with Gasteiger partial charge in [-0.3, -0.25) is 10.2 Å². The summed E-state index contributed by atoms with van der Waals surface area (Å²) >= 11 is 0. The number of carbonyl (C=O) groups is 2. The first kappa shape index (κ1) is 23.7. The van der Waals surface area contributed by atoms with E-state index in [9.17, 15) is 19.8 Å². The van der Waals surface area contributed by atoms with Gasteiger partial charge in [-0.25, -0.2) is 4.79 Å². The van der Waals surface area contributed by atoms with Crippen molar-refractivity contribution in [1.82, 2.24) is 0 Å². The first-order valence-corrected chi connectivity index (χ1v) is 11.1. The number of hydrogen-bond acceptors (Lipinski definition) is 6. The smallest absolute Gasteiger partial charge is 0.335 e. The molecule has 0 radical (unpaired) electrons. The van der Waals surface area contributed by atoms with Gasteiger partial charge in [0.1, 0.15) is 5.75 Å². The van der Waals surface area contributed by atoms with Gasteiger partial charge in [0.05, 0.1) is 22.6 Å². The van der Waals surface area contributed by atoms with E-state index in [-0.39, 0.29) is 34.0 Å². The van der Waals surface area contributed by atoms with E-state index >= 15 is 0 Å². The topological polar surface area (TPSA) is 115 Å². The number of aromatic hydroxyl groups is 1. The van der Waals surface area contributed by atoms with Crippen molar-refractivity contribution in [3.05, 3.63) is 77.9 Å². The van der Waals surface area contributed by atoms with Crippen molar-refractivity contribution in [1.29, 1.82) is 0 Å². The van der Waals surface area contributed by atoms with Crippen molar-refractivity contribution in [3.63, 3.8) is 0 Å². The highest BCUT2D eigenvalue weighted by atomic mass is 16.4. The molecule has 1 heterocycles. The predicted molar refractivity (Wildman–Crippen MR) is 137 cm³/mol. The lowest BCUT2D eigenvalue weighted by atomic mass is 9.87. The summed E-state index contributed by atoms with van der Waals surface area (Å²) in [7, 11) is 0. The maximum Gasteiger partial charge on any atom is 0.335 e. The summed E-state index contributed by atoms with van der Waals surface area (Å²) in [5.41, 5.74) is 6.45. The highest BCUT2D eigenvalue weighted by molar-refractivity contribution is 6.71. The first-order chi connectivity index (χ1) is 16.6. The fourth-order valence-electron chi connectivity index (χ4n) is 3.71. The molecular weight excluding hydrogens is 444 g/mol. The minimum absolute atomic E-state index is 0.00521. The molecule has 8 nitrogen and oxygen atoms in total. The van der Waals surface area contributed by atoms with Crippen LogP contribution in [0.5, 0.6) is 5.75 Å². The number of rotatable bonds is 5. The van der Waals surface area contributed by atoms with Crippen LogP contribution >= 0.6 is 0 Å². The Balaban J connectivity index is 1.57. The van der Waals surface area contributed by atoms with Gasteiger partial charge in [-0.1, -0.05) is 57.2 Å². The number of hydrogen-bond donors (Lipinski definition) is 3. The molecule has 0 spiro atoms. The summed E-state index contributed by atoms with van der Waals surface area (Å²) in [6, 6.07) is 18.9. The van der Waals surface area contributed by atoms with Crippen LogP contribution in [0.2, 0.25) is 0 Å². The van der Waals surface area contributed by atoms with Crippen molar-refractivity contribution < 1.29 is 19.8 Å². The minimum Gasteiger partial charge on any atom is -0.505 e. The monoisotopic (exact) mass is 470 g/mol. The molecule has 0 saturated carbocycles. The molecular formula is C27H26N4O4. The van der Waals surface area contributed by atoms with Gasteiger partial charge in [-0.05, 0) is 53.8 Å². The predicted octanol–water partition coefficient (Wildman–Crippen LogP) is 5.25. The van der Waals surface area contributed by atoms with Crippen LogP contribution in [0.4, 0.5) is 11.4 Å². The third-order valence-electron chi connectivity index (χ3n) is 5.71. The molecule has 178 valence electrons. The zero-order valence-electron chi connectivity index (χ0n) is 19.9. The number of hydrazone groups is 2. The van der Waals surface area contributed by atoms with Gasteiger partial charge in [0.2, 0.25) is 0 Å². The second kappa shape index (κ2) is 9.06. The Hall–Kier alpha value is -4.46. The zero-order valence-corrected chi connectivity index (χ0v) is 19.9. The Morgan fingerprint density at radius 1 is 1.03 bits per heavy atom. The molecule has 0 unspecified atom stereocenters. The van der Waals surface area contributed by atoms with Crippen LogP contribution in [0, 0.1) is 0 Å². The van der Waals surface area contributed by atoms with E-state index < -0.39 is 5.97 Å². The maximum atomic E-state index is 13.0. The average molecular weight is 471 g/mol. The van der Waals surface area contributed by atoms with E-state index in [0.29, 0.717) is 22.5 Å². The number of phenols is 1. The maximum absolute atomic E-state index is 13.0. The van der Waals surface area contributed by atoms with Crippen LogP contribution < -0.4 is 10.4 Å². The van der Waals surface area contributed by atoms with Gasteiger partial charge in [0.25, 0.3) is 0 Å². The van der Waals surface area contributed by atoms with Gasteiger partial charge in [-0.2, -0.15) is 15.2 Å². The molecule has 0 saturated heterocycles. The van der Waals surface area contributed by atoms with E-state index in [0.717, 1.165) is 5.56 Å². The average Bonchev–Trinajstić information content (AvgIpc) is 3.11. The molecule has 1 aliphatic rings. The summed E-state index contributed by atoms with van der Waals surface area (Å²) in [5.74, 6) is -1.56. The van der Waals surface area contributed by atoms with Crippen LogP contribution in [0.1, 0.15) is 43.6 Å². The molecule has 8 heteroatoms. The van der Waals surface area contributed by atoms with Crippen molar-refractivity contribution in [3.8, 4) is 16.9 Å². The summed E-state index contributed by atoms with van der Waals surface area (Å²) < 4.78 is 0. The molecule has 3 aromatic rings. The number of para-hydroxylation sites is 1. The molecule has 4 rings (SSSR count). The fraction of sp³-hybridized carbons (Fsp3) is 0.185. The van der Waals surface area contributed by atoms with E-state index in [1.54, 1.807) is 37.3 Å². The number of benzene rings is 3. The summed E-state index contributed by atoms with van der Waals surface area (Å²) in [6.07, 6.45) is 0. The fourth-order valence-corrected chi connectivity index (χ4v) is 3.71. The normalized spacial score (nSPS) is 14.9. The van der Waals surface area contributed by atoms with Gasteiger partial charge >= 0.3 is 11.9 Å². The third-order valence-corrected chi connectivity index (χ3v) is 5.71. The second-order valence-corrected chi connectivity index (χ2v) is 9.26. The van der Waals surface area contributed by atoms with Crippen molar-refractivity contribution in [2.45, 2.75) is 33.1 Å². The number of aromatic carboxylic acids is 1. The summed E-state index contributed by atoms with van der Waals surface area (Å²) in [4.78, 5) is 24.3. The highest BCUT2D eigenvalue weighted by Gasteiger charge is 2.31. The minimum atomic E-state index is -1.06. The number of amides is 1. The number of phenolic OH excluding ortho intramolecular Hbond substituents is 1. The summed E-state index contributed by atoms with van der Waals surface area (Å²) in [5, 5.41) is 29.9. The molecule has 3 N–H and O–H groups in total. The highest BCUT2D eigenvalue weighted by Crippen LogP contribution is 2.36. The van der Waals surface area contributed by atoms with Gasteiger partial charge in [-0.15, -0.1) is 0 Å². The Bertz CT molecular complexity index is 1370. The quantitative estimate of drug-likeness (QED) is 0.348. The Morgan fingerprint density at radius 2 is 1.71 bits per heavy atom. The zero-order chi connectivity index (χ0) is 25.3. The Kier molecular flexibility index (Phi) is 6.13. The molecule has 3 aromatic carbocycles. The van der Waals surface area contributed by atoms with Crippen LogP contribution in [0.25, 0.3) is 11.1 Å². The molecule has 35 heavy (non-hydrogen) atoms. The number of carboxylic acid groups (broad SMARTS) is 1. The molecule has 0 fully saturated rings. The van der Waals surface area contributed by atoms with E-state index in [1.807, 2.05) is 24.3 Å². The Morgan fingerprint density at radius 3 is 2.37 bits per heavy atom. The largest absolute Gasteiger partial charge is 0.505 e. The number of nitrogens with one attached hydrogen (secondary N) is 1.